The molecule has 0 radical (unpaired) electrons. The molecule has 1 aromatic carbocycles. The number of ether oxygens (including phenoxy) is 1. The maximum atomic E-state index is 5.19. The average molecular weight is 221 g/mol. The van der Waals surface area contributed by atoms with Crippen LogP contribution < -0.4 is 5.32 Å². The van der Waals surface area contributed by atoms with E-state index in [4.69, 9.17) is 4.74 Å². The molecule has 0 aromatic heterocycles. The fourth-order valence-corrected chi connectivity index (χ4v) is 1.82. The minimum absolute atomic E-state index is 0.0234. The Morgan fingerprint density at radius 2 is 1.81 bits per heavy atom. The lowest BCUT2D eigenvalue weighted by Crippen LogP contribution is -2.42. The van der Waals surface area contributed by atoms with Gasteiger partial charge in [-0.3, -0.25) is 0 Å². The van der Waals surface area contributed by atoms with Crippen LogP contribution in [0.2, 0.25) is 0 Å². The second-order valence-electron chi connectivity index (χ2n) is 4.79. The number of methoxy groups -OCH3 is 1. The van der Waals surface area contributed by atoms with E-state index >= 15 is 0 Å². The largest absolute Gasteiger partial charge is 0.383 e. The van der Waals surface area contributed by atoms with Crippen molar-refractivity contribution in [3.63, 3.8) is 0 Å². The van der Waals surface area contributed by atoms with Crippen LogP contribution in [0.3, 0.4) is 0 Å². The second kappa shape index (κ2) is 6.02. The van der Waals surface area contributed by atoms with E-state index in [0.29, 0.717) is 0 Å². The van der Waals surface area contributed by atoms with Crippen molar-refractivity contribution in [3.8, 4) is 0 Å². The summed E-state index contributed by atoms with van der Waals surface area (Å²) in [5, 5.41) is 3.53. The lowest BCUT2D eigenvalue weighted by atomic mass is 10.0. The molecule has 0 amide bonds. The second-order valence-corrected chi connectivity index (χ2v) is 4.79. The van der Waals surface area contributed by atoms with E-state index in [0.717, 1.165) is 19.6 Å². The predicted molar refractivity (Wildman–Crippen MR) is 68.6 cm³/mol. The molecular formula is C14H23NO. The number of hydrogen-bond acceptors (Lipinski definition) is 2. The molecule has 0 aliphatic carbocycles. The third-order valence-electron chi connectivity index (χ3n) is 2.76. The van der Waals surface area contributed by atoms with Crippen LogP contribution in [0.15, 0.2) is 24.3 Å². The third kappa shape index (κ3) is 3.95. The fraction of sp³-hybridized carbons (Fsp3) is 0.571. The van der Waals surface area contributed by atoms with Crippen LogP contribution in [0, 0.1) is 0 Å². The van der Waals surface area contributed by atoms with Crippen molar-refractivity contribution in [2.24, 2.45) is 0 Å². The van der Waals surface area contributed by atoms with Crippen molar-refractivity contribution in [2.75, 3.05) is 13.7 Å². The first-order valence-electron chi connectivity index (χ1n) is 5.90. The van der Waals surface area contributed by atoms with E-state index < -0.39 is 0 Å². The Balaban J connectivity index is 2.60. The maximum Gasteiger partial charge on any atom is 0.0639 e. The molecule has 0 saturated carbocycles. The Hall–Kier alpha value is -0.860. The molecule has 2 heteroatoms. The first kappa shape index (κ1) is 13.2. The van der Waals surface area contributed by atoms with Crippen LogP contribution in [-0.4, -0.2) is 19.3 Å². The van der Waals surface area contributed by atoms with Gasteiger partial charge in [-0.25, -0.2) is 0 Å². The van der Waals surface area contributed by atoms with Gasteiger partial charge in [-0.05, 0) is 31.4 Å². The highest BCUT2D eigenvalue weighted by atomic mass is 16.5. The van der Waals surface area contributed by atoms with Gasteiger partial charge in [0.15, 0.2) is 0 Å². The molecule has 0 aliphatic heterocycles. The molecule has 0 spiro atoms. The maximum absolute atomic E-state index is 5.19. The quantitative estimate of drug-likeness (QED) is 0.797. The minimum Gasteiger partial charge on any atom is -0.383 e. The van der Waals surface area contributed by atoms with Gasteiger partial charge in [0.05, 0.1) is 6.61 Å². The molecule has 0 atom stereocenters. The molecule has 0 unspecified atom stereocenters. The molecule has 1 N–H and O–H groups in total. The van der Waals surface area contributed by atoms with Gasteiger partial charge in [0.25, 0.3) is 0 Å². The predicted octanol–water partition coefficient (Wildman–Crippen LogP) is 2.76. The van der Waals surface area contributed by atoms with E-state index in [1.807, 2.05) is 0 Å². The summed E-state index contributed by atoms with van der Waals surface area (Å²) in [5.74, 6) is 0. The molecule has 0 saturated heterocycles. The lowest BCUT2D eigenvalue weighted by Gasteiger charge is -2.26. The smallest absolute Gasteiger partial charge is 0.0639 e. The zero-order valence-electron chi connectivity index (χ0n) is 10.8. The zero-order chi connectivity index (χ0) is 12.0. The van der Waals surface area contributed by atoms with Crippen molar-refractivity contribution >= 4 is 0 Å². The van der Waals surface area contributed by atoms with Crippen LogP contribution in [0.5, 0.6) is 0 Å². The number of benzene rings is 1. The molecule has 1 rings (SSSR count). The SMILES string of the molecule is CCc1ccccc1CNC(C)(C)COC. The van der Waals surface area contributed by atoms with Gasteiger partial charge in [0.2, 0.25) is 0 Å². The van der Waals surface area contributed by atoms with Crippen molar-refractivity contribution in [2.45, 2.75) is 39.3 Å². The standard InChI is InChI=1S/C14H23NO/c1-5-12-8-6-7-9-13(12)10-15-14(2,3)11-16-4/h6-9,15H,5,10-11H2,1-4H3. The van der Waals surface area contributed by atoms with Crippen molar-refractivity contribution in [3.05, 3.63) is 35.4 Å². The van der Waals surface area contributed by atoms with Gasteiger partial charge >= 0.3 is 0 Å². The van der Waals surface area contributed by atoms with E-state index in [2.05, 4.69) is 50.4 Å². The fourth-order valence-electron chi connectivity index (χ4n) is 1.82. The van der Waals surface area contributed by atoms with Gasteiger partial charge in [-0.2, -0.15) is 0 Å². The highest BCUT2D eigenvalue weighted by Crippen LogP contribution is 2.11. The van der Waals surface area contributed by atoms with Crippen LogP contribution in [0.4, 0.5) is 0 Å². The summed E-state index contributed by atoms with van der Waals surface area (Å²) < 4.78 is 5.19. The topological polar surface area (TPSA) is 21.3 Å². The average Bonchev–Trinajstić information content (AvgIpc) is 2.27. The summed E-state index contributed by atoms with van der Waals surface area (Å²) in [5.41, 5.74) is 2.83. The Kier molecular flexibility index (Phi) is 4.97. The van der Waals surface area contributed by atoms with E-state index in [1.54, 1.807) is 7.11 Å². The van der Waals surface area contributed by atoms with Crippen molar-refractivity contribution in [1.29, 1.82) is 0 Å². The summed E-state index contributed by atoms with van der Waals surface area (Å²) in [6.07, 6.45) is 1.09. The number of aryl methyl sites for hydroxylation is 1. The van der Waals surface area contributed by atoms with Crippen LogP contribution >= 0.6 is 0 Å². The van der Waals surface area contributed by atoms with Crippen LogP contribution in [0.1, 0.15) is 31.9 Å². The van der Waals surface area contributed by atoms with E-state index in [-0.39, 0.29) is 5.54 Å². The lowest BCUT2D eigenvalue weighted by molar-refractivity contribution is 0.127. The van der Waals surface area contributed by atoms with Crippen molar-refractivity contribution in [1.82, 2.24) is 5.32 Å². The normalized spacial score (nSPS) is 11.8. The Morgan fingerprint density at radius 1 is 1.19 bits per heavy atom. The van der Waals surface area contributed by atoms with Gasteiger partial charge in [-0.15, -0.1) is 0 Å². The molecule has 90 valence electrons. The molecule has 16 heavy (non-hydrogen) atoms. The molecule has 0 heterocycles. The van der Waals surface area contributed by atoms with E-state index in [1.165, 1.54) is 11.1 Å². The summed E-state index contributed by atoms with van der Waals surface area (Å²) in [7, 11) is 1.74. The van der Waals surface area contributed by atoms with Gasteiger partial charge < -0.3 is 10.1 Å². The molecule has 2 nitrogen and oxygen atoms in total. The molecular weight excluding hydrogens is 198 g/mol. The van der Waals surface area contributed by atoms with Gasteiger partial charge in [0, 0.05) is 19.2 Å². The number of nitrogens with one attached hydrogen (secondary N) is 1. The summed E-state index contributed by atoms with van der Waals surface area (Å²) in [6, 6.07) is 8.58. The van der Waals surface area contributed by atoms with Gasteiger partial charge in [0.1, 0.15) is 0 Å². The Labute approximate surface area is 99.0 Å². The number of hydrogen-bond donors (Lipinski definition) is 1. The first-order valence-corrected chi connectivity index (χ1v) is 5.90. The monoisotopic (exact) mass is 221 g/mol. The van der Waals surface area contributed by atoms with Crippen molar-refractivity contribution < 1.29 is 4.74 Å². The Morgan fingerprint density at radius 3 is 2.38 bits per heavy atom. The highest BCUT2D eigenvalue weighted by molar-refractivity contribution is 5.26. The number of rotatable bonds is 6. The van der Waals surface area contributed by atoms with Crippen LogP contribution in [0.25, 0.3) is 0 Å². The van der Waals surface area contributed by atoms with Gasteiger partial charge in [-0.1, -0.05) is 31.2 Å². The third-order valence-corrected chi connectivity index (χ3v) is 2.76. The molecule has 0 bridgehead atoms. The molecule has 0 aliphatic rings. The summed E-state index contributed by atoms with van der Waals surface area (Å²) in [6.45, 7) is 8.14. The summed E-state index contributed by atoms with van der Waals surface area (Å²) in [4.78, 5) is 0. The Bertz CT molecular complexity index is 320. The minimum atomic E-state index is 0.0234. The molecule has 1 aromatic rings. The zero-order valence-corrected chi connectivity index (χ0v) is 10.8. The van der Waals surface area contributed by atoms with Crippen LogP contribution in [-0.2, 0) is 17.7 Å². The highest BCUT2D eigenvalue weighted by Gasteiger charge is 2.16. The molecule has 0 fully saturated rings. The van der Waals surface area contributed by atoms with E-state index in [9.17, 15) is 0 Å². The summed E-state index contributed by atoms with van der Waals surface area (Å²) >= 11 is 0. The first-order chi connectivity index (χ1) is 7.59.